The van der Waals surface area contributed by atoms with E-state index in [4.69, 9.17) is 27.9 Å². The monoisotopic (exact) mass is 421 g/mol. The van der Waals surface area contributed by atoms with Crippen LogP contribution in [-0.4, -0.2) is 37.7 Å². The second kappa shape index (κ2) is 9.98. The van der Waals surface area contributed by atoms with E-state index in [1.807, 2.05) is 12.1 Å². The van der Waals surface area contributed by atoms with Crippen LogP contribution < -0.4 is 0 Å². The Morgan fingerprint density at radius 2 is 1.77 bits per heavy atom. The topological polar surface area (TPSA) is 12.5 Å². The van der Waals surface area contributed by atoms with Crippen molar-refractivity contribution >= 4 is 35.6 Å². The summed E-state index contributed by atoms with van der Waals surface area (Å²) in [5.41, 5.74) is 1.41. The number of hydrogen-bond acceptors (Lipinski definition) is 2. The minimum Gasteiger partial charge on any atom is -0.373 e. The van der Waals surface area contributed by atoms with Crippen molar-refractivity contribution in [1.29, 1.82) is 0 Å². The number of likely N-dealkylation sites (N-methyl/N-ethyl adjacent to an activating group) is 1. The Labute approximate surface area is 176 Å². The van der Waals surface area contributed by atoms with Crippen LogP contribution in [0.1, 0.15) is 52.0 Å². The van der Waals surface area contributed by atoms with Crippen LogP contribution >= 0.6 is 35.6 Å². The van der Waals surface area contributed by atoms with Crippen LogP contribution in [0.4, 0.5) is 0 Å². The third-order valence-electron chi connectivity index (χ3n) is 5.60. The fourth-order valence-electron chi connectivity index (χ4n) is 3.84. The average molecular weight is 423 g/mol. The molecule has 0 unspecified atom stereocenters. The Bertz CT molecular complexity index is 561. The van der Waals surface area contributed by atoms with Gasteiger partial charge in [0.15, 0.2) is 0 Å². The fourth-order valence-corrected chi connectivity index (χ4v) is 4.31. The van der Waals surface area contributed by atoms with Crippen molar-refractivity contribution in [2.75, 3.05) is 27.2 Å². The van der Waals surface area contributed by atoms with Gasteiger partial charge in [-0.3, -0.25) is 0 Å². The second-order valence-electron chi connectivity index (χ2n) is 8.89. The maximum atomic E-state index is 6.50. The number of halogens is 3. The molecule has 1 saturated carbocycles. The summed E-state index contributed by atoms with van der Waals surface area (Å²) < 4.78 is 6.50. The largest absolute Gasteiger partial charge is 0.373 e. The fraction of sp³-hybridized carbons (Fsp3) is 0.714. The molecule has 1 aliphatic rings. The molecular formula is C21H34Cl3NO. The van der Waals surface area contributed by atoms with Crippen LogP contribution in [0.3, 0.4) is 0 Å². The standard InChI is InChI=1S/C21H33Cl2NO.ClH/c1-20(2,3)17-8-10-21(11-9-17,25-13-12-24(4)5)15-16-6-7-18(22)14-19(16)23;/h6-7,14,17H,8-13,15H2,1-5H3;1H. The molecule has 0 aliphatic heterocycles. The third kappa shape index (κ3) is 6.87. The van der Waals surface area contributed by atoms with Gasteiger partial charge in [-0.2, -0.15) is 0 Å². The SMILES string of the molecule is CN(C)CCOC1(Cc2ccc(Cl)cc2Cl)CCC(C(C)(C)C)CC1.Cl. The lowest BCUT2D eigenvalue weighted by atomic mass is 9.67. The van der Waals surface area contributed by atoms with Crippen molar-refractivity contribution in [3.8, 4) is 0 Å². The van der Waals surface area contributed by atoms with Crippen molar-refractivity contribution in [3.05, 3.63) is 33.8 Å². The van der Waals surface area contributed by atoms with Gasteiger partial charge in [0.2, 0.25) is 0 Å². The first-order valence-electron chi connectivity index (χ1n) is 9.34. The van der Waals surface area contributed by atoms with Gasteiger partial charge in [0, 0.05) is 23.0 Å². The molecule has 1 fully saturated rings. The molecule has 0 amide bonds. The van der Waals surface area contributed by atoms with E-state index in [9.17, 15) is 0 Å². The summed E-state index contributed by atoms with van der Waals surface area (Å²) in [6, 6.07) is 5.82. The Morgan fingerprint density at radius 1 is 1.15 bits per heavy atom. The van der Waals surface area contributed by atoms with Gasteiger partial charge in [-0.15, -0.1) is 12.4 Å². The number of rotatable bonds is 6. The molecule has 0 atom stereocenters. The molecule has 0 radical (unpaired) electrons. The third-order valence-corrected chi connectivity index (χ3v) is 6.18. The van der Waals surface area contributed by atoms with Crippen molar-refractivity contribution in [2.24, 2.45) is 11.3 Å². The van der Waals surface area contributed by atoms with E-state index in [-0.39, 0.29) is 18.0 Å². The molecule has 1 aromatic rings. The van der Waals surface area contributed by atoms with E-state index in [2.05, 4.69) is 45.8 Å². The van der Waals surface area contributed by atoms with Gasteiger partial charge in [-0.25, -0.2) is 0 Å². The Hall–Kier alpha value is 0.01000. The molecule has 0 spiro atoms. The molecule has 1 aliphatic carbocycles. The molecule has 0 bridgehead atoms. The summed E-state index contributed by atoms with van der Waals surface area (Å²) in [5.74, 6) is 0.763. The lowest BCUT2D eigenvalue weighted by Crippen LogP contribution is -2.43. The van der Waals surface area contributed by atoms with Gasteiger partial charge in [0.05, 0.1) is 12.2 Å². The van der Waals surface area contributed by atoms with Gasteiger partial charge in [0.1, 0.15) is 0 Å². The van der Waals surface area contributed by atoms with Gasteiger partial charge in [-0.1, -0.05) is 50.0 Å². The molecule has 150 valence electrons. The smallest absolute Gasteiger partial charge is 0.0724 e. The van der Waals surface area contributed by atoms with Crippen molar-refractivity contribution in [1.82, 2.24) is 4.90 Å². The van der Waals surface area contributed by atoms with E-state index in [0.29, 0.717) is 10.4 Å². The normalized spacial score (nSPS) is 23.8. The molecule has 0 aromatic heterocycles. The van der Waals surface area contributed by atoms with Crippen LogP contribution in [-0.2, 0) is 11.2 Å². The van der Waals surface area contributed by atoms with Gasteiger partial charge < -0.3 is 9.64 Å². The predicted molar refractivity (Wildman–Crippen MR) is 116 cm³/mol. The Kier molecular flexibility index (Phi) is 9.23. The molecule has 0 saturated heterocycles. The highest BCUT2D eigenvalue weighted by molar-refractivity contribution is 6.35. The zero-order chi connectivity index (χ0) is 18.7. The van der Waals surface area contributed by atoms with Crippen LogP contribution in [0.2, 0.25) is 10.0 Å². The summed E-state index contributed by atoms with van der Waals surface area (Å²) in [6.07, 6.45) is 5.50. The van der Waals surface area contributed by atoms with E-state index in [1.54, 1.807) is 0 Å². The Morgan fingerprint density at radius 3 is 2.27 bits per heavy atom. The molecule has 5 heteroatoms. The van der Waals surface area contributed by atoms with Crippen LogP contribution in [0.15, 0.2) is 18.2 Å². The van der Waals surface area contributed by atoms with E-state index < -0.39 is 0 Å². The molecule has 1 aromatic carbocycles. The summed E-state index contributed by atoms with van der Waals surface area (Å²) >= 11 is 12.5. The molecular weight excluding hydrogens is 389 g/mol. The van der Waals surface area contributed by atoms with Gasteiger partial charge >= 0.3 is 0 Å². The molecule has 0 heterocycles. The zero-order valence-corrected chi connectivity index (χ0v) is 19.1. The van der Waals surface area contributed by atoms with Crippen molar-refractivity contribution < 1.29 is 4.74 Å². The summed E-state index contributed by atoms with van der Waals surface area (Å²) in [5, 5.41) is 1.44. The molecule has 26 heavy (non-hydrogen) atoms. The number of nitrogens with zero attached hydrogens (tertiary/aromatic N) is 1. The van der Waals surface area contributed by atoms with Crippen LogP contribution in [0.25, 0.3) is 0 Å². The summed E-state index contributed by atoms with van der Waals surface area (Å²) in [7, 11) is 4.17. The minimum absolute atomic E-state index is 0. The molecule has 2 rings (SSSR count). The highest BCUT2D eigenvalue weighted by atomic mass is 35.5. The first-order valence-corrected chi connectivity index (χ1v) is 10.1. The highest BCUT2D eigenvalue weighted by Gasteiger charge is 2.39. The van der Waals surface area contributed by atoms with Gasteiger partial charge in [-0.05, 0) is 68.8 Å². The Balaban J connectivity index is 0.00000338. The zero-order valence-electron chi connectivity index (χ0n) is 16.8. The highest BCUT2D eigenvalue weighted by Crippen LogP contribution is 2.44. The maximum absolute atomic E-state index is 6.50. The lowest BCUT2D eigenvalue weighted by molar-refractivity contribution is -0.0884. The van der Waals surface area contributed by atoms with E-state index in [0.717, 1.165) is 48.9 Å². The predicted octanol–water partition coefficient (Wildman–Crippen LogP) is 6.51. The van der Waals surface area contributed by atoms with Crippen LogP contribution in [0, 0.1) is 11.3 Å². The van der Waals surface area contributed by atoms with Crippen LogP contribution in [0.5, 0.6) is 0 Å². The summed E-state index contributed by atoms with van der Waals surface area (Å²) in [4.78, 5) is 2.17. The van der Waals surface area contributed by atoms with E-state index >= 15 is 0 Å². The lowest BCUT2D eigenvalue weighted by Gasteiger charge is -2.44. The van der Waals surface area contributed by atoms with Crippen molar-refractivity contribution in [3.63, 3.8) is 0 Å². The molecule has 0 N–H and O–H groups in total. The molecule has 2 nitrogen and oxygen atoms in total. The average Bonchev–Trinajstić information content (AvgIpc) is 2.49. The maximum Gasteiger partial charge on any atom is 0.0724 e. The number of hydrogen-bond donors (Lipinski definition) is 0. The first-order chi connectivity index (χ1) is 11.6. The first kappa shape index (κ1) is 24.0. The number of ether oxygens (including phenoxy) is 1. The minimum atomic E-state index is -0.102. The van der Waals surface area contributed by atoms with Gasteiger partial charge in [0.25, 0.3) is 0 Å². The summed E-state index contributed by atoms with van der Waals surface area (Å²) in [6.45, 7) is 8.77. The number of benzene rings is 1. The quantitative estimate of drug-likeness (QED) is 0.518. The second-order valence-corrected chi connectivity index (χ2v) is 9.73. The van der Waals surface area contributed by atoms with Crippen molar-refractivity contribution in [2.45, 2.75) is 58.5 Å². The van der Waals surface area contributed by atoms with E-state index in [1.165, 1.54) is 12.8 Å².